The molecule has 6 nitrogen and oxygen atoms in total. The number of halogens is 1. The Morgan fingerprint density at radius 1 is 1.56 bits per heavy atom. The van der Waals surface area contributed by atoms with Crippen molar-refractivity contribution in [3.05, 3.63) is 28.0 Å². The lowest BCUT2D eigenvalue weighted by atomic mass is 10.1. The molecule has 0 radical (unpaired) electrons. The molecule has 1 fully saturated rings. The third kappa shape index (κ3) is 2.72. The molecular formula is C11H13BrN2O4. The molecule has 0 aliphatic heterocycles. The second-order valence-electron chi connectivity index (χ2n) is 4.32. The fraction of sp³-hybridized carbons (Fsp3) is 0.545. The van der Waals surface area contributed by atoms with Gasteiger partial charge in [-0.3, -0.25) is 14.9 Å². The zero-order valence-electron chi connectivity index (χ0n) is 9.60. The molecule has 1 aliphatic rings. The summed E-state index contributed by atoms with van der Waals surface area (Å²) in [5, 5.41) is 14.2. The van der Waals surface area contributed by atoms with Gasteiger partial charge in [0.25, 0.3) is 5.91 Å². The van der Waals surface area contributed by atoms with Crippen molar-refractivity contribution >= 4 is 27.7 Å². The van der Waals surface area contributed by atoms with Crippen molar-refractivity contribution in [2.45, 2.75) is 25.3 Å². The summed E-state index contributed by atoms with van der Waals surface area (Å²) >= 11 is 3.42. The summed E-state index contributed by atoms with van der Waals surface area (Å²) in [6, 6.07) is 2.62. The van der Waals surface area contributed by atoms with Crippen molar-refractivity contribution < 1.29 is 14.1 Å². The quantitative estimate of drug-likeness (QED) is 0.525. The Morgan fingerprint density at radius 3 is 2.94 bits per heavy atom. The van der Waals surface area contributed by atoms with Crippen LogP contribution in [0, 0.1) is 16.0 Å². The van der Waals surface area contributed by atoms with E-state index in [0.29, 0.717) is 5.92 Å². The number of nitro groups is 1. The average molecular weight is 317 g/mol. The van der Waals surface area contributed by atoms with Crippen molar-refractivity contribution in [1.82, 2.24) is 5.32 Å². The second kappa shape index (κ2) is 5.51. The molecule has 0 aromatic carbocycles. The number of hydrogen-bond acceptors (Lipinski definition) is 4. The van der Waals surface area contributed by atoms with E-state index in [1.165, 1.54) is 12.1 Å². The third-order valence-electron chi connectivity index (χ3n) is 3.17. The van der Waals surface area contributed by atoms with Gasteiger partial charge in [-0.2, -0.15) is 0 Å². The number of amides is 1. The normalized spacial score (nSPS) is 22.9. The van der Waals surface area contributed by atoms with Crippen molar-refractivity contribution in [1.29, 1.82) is 0 Å². The molecule has 1 N–H and O–H groups in total. The minimum absolute atomic E-state index is 0.0121. The minimum Gasteiger partial charge on any atom is -0.395 e. The van der Waals surface area contributed by atoms with E-state index in [4.69, 9.17) is 4.42 Å². The summed E-state index contributed by atoms with van der Waals surface area (Å²) in [6.45, 7) is 0. The molecule has 2 rings (SSSR count). The number of nitrogens with one attached hydrogen (secondary N) is 1. The van der Waals surface area contributed by atoms with E-state index < -0.39 is 10.8 Å². The Bertz CT molecular complexity index is 460. The zero-order valence-corrected chi connectivity index (χ0v) is 11.2. The molecule has 1 amide bonds. The maximum absolute atomic E-state index is 11.9. The van der Waals surface area contributed by atoms with E-state index in [2.05, 4.69) is 21.2 Å². The van der Waals surface area contributed by atoms with Gasteiger partial charge < -0.3 is 9.73 Å². The van der Waals surface area contributed by atoms with E-state index in [0.717, 1.165) is 24.6 Å². The average Bonchev–Trinajstić information content (AvgIpc) is 2.96. The van der Waals surface area contributed by atoms with Gasteiger partial charge in [-0.15, -0.1) is 0 Å². The van der Waals surface area contributed by atoms with Gasteiger partial charge in [0.15, 0.2) is 5.76 Å². The zero-order chi connectivity index (χ0) is 13.1. The van der Waals surface area contributed by atoms with E-state index >= 15 is 0 Å². The lowest BCUT2D eigenvalue weighted by Crippen LogP contribution is -2.37. The minimum atomic E-state index is -0.659. The standard InChI is InChI=1S/C11H13BrN2O4/c12-6-7-2-1-3-8(7)13-11(15)9-4-5-10(18-9)14(16)17/h4-5,7-8H,1-3,6H2,(H,13,15). The van der Waals surface area contributed by atoms with Crippen LogP contribution in [0.3, 0.4) is 0 Å². The summed E-state index contributed by atoms with van der Waals surface area (Å²) in [6.07, 6.45) is 3.10. The van der Waals surface area contributed by atoms with Crippen molar-refractivity contribution in [2.75, 3.05) is 5.33 Å². The van der Waals surface area contributed by atoms with Crippen LogP contribution in [0.5, 0.6) is 0 Å². The highest BCUT2D eigenvalue weighted by Gasteiger charge is 2.29. The molecule has 98 valence electrons. The number of alkyl halides is 1. The van der Waals surface area contributed by atoms with Crippen LogP contribution in [0.1, 0.15) is 29.8 Å². The predicted molar refractivity (Wildman–Crippen MR) is 67.8 cm³/mol. The molecule has 0 bridgehead atoms. The smallest absolute Gasteiger partial charge is 0.395 e. The number of furan rings is 1. The van der Waals surface area contributed by atoms with Crippen LogP contribution >= 0.6 is 15.9 Å². The Kier molecular flexibility index (Phi) is 4.00. The Hall–Kier alpha value is -1.37. The molecule has 2 atom stereocenters. The first-order valence-electron chi connectivity index (χ1n) is 5.73. The molecule has 7 heteroatoms. The first-order chi connectivity index (χ1) is 8.61. The van der Waals surface area contributed by atoms with Crippen molar-refractivity contribution in [3.63, 3.8) is 0 Å². The predicted octanol–water partition coefficient (Wildman–Crippen LogP) is 2.48. The van der Waals surface area contributed by atoms with Crippen LogP contribution < -0.4 is 5.32 Å². The van der Waals surface area contributed by atoms with Crippen LogP contribution in [-0.2, 0) is 0 Å². The van der Waals surface area contributed by atoms with Gasteiger partial charge in [0.1, 0.15) is 4.92 Å². The number of nitrogens with zero attached hydrogens (tertiary/aromatic N) is 1. The molecule has 2 unspecified atom stereocenters. The first-order valence-corrected chi connectivity index (χ1v) is 6.85. The highest BCUT2D eigenvalue weighted by Crippen LogP contribution is 2.27. The summed E-state index contributed by atoms with van der Waals surface area (Å²) in [5.41, 5.74) is 0. The Morgan fingerprint density at radius 2 is 2.33 bits per heavy atom. The maximum Gasteiger partial charge on any atom is 0.433 e. The van der Waals surface area contributed by atoms with Crippen molar-refractivity contribution in [2.24, 2.45) is 5.92 Å². The molecule has 18 heavy (non-hydrogen) atoms. The highest BCUT2D eigenvalue weighted by molar-refractivity contribution is 9.09. The van der Waals surface area contributed by atoms with Gasteiger partial charge in [0, 0.05) is 11.4 Å². The molecule has 1 saturated carbocycles. The molecule has 1 heterocycles. The highest BCUT2D eigenvalue weighted by atomic mass is 79.9. The second-order valence-corrected chi connectivity index (χ2v) is 4.97. The SMILES string of the molecule is O=C(NC1CCCC1CBr)c1ccc([N+](=O)[O-])o1. The van der Waals surface area contributed by atoms with Crippen LogP contribution in [0.2, 0.25) is 0 Å². The van der Waals surface area contributed by atoms with E-state index in [-0.39, 0.29) is 17.7 Å². The van der Waals surface area contributed by atoms with Gasteiger partial charge in [-0.1, -0.05) is 22.4 Å². The van der Waals surface area contributed by atoms with Gasteiger partial charge in [-0.05, 0) is 24.8 Å². The lowest BCUT2D eigenvalue weighted by Gasteiger charge is -2.17. The fourth-order valence-corrected chi connectivity index (χ4v) is 2.97. The van der Waals surface area contributed by atoms with Gasteiger partial charge in [0.05, 0.1) is 6.07 Å². The largest absolute Gasteiger partial charge is 0.433 e. The summed E-state index contributed by atoms with van der Waals surface area (Å²) in [7, 11) is 0. The molecule has 1 aromatic heterocycles. The van der Waals surface area contributed by atoms with Crippen molar-refractivity contribution in [3.8, 4) is 0 Å². The number of rotatable bonds is 4. The lowest BCUT2D eigenvalue weighted by molar-refractivity contribution is -0.402. The van der Waals surface area contributed by atoms with Crippen LogP contribution in [0.15, 0.2) is 16.5 Å². The first kappa shape index (κ1) is 13.1. The van der Waals surface area contributed by atoms with E-state index in [1.54, 1.807) is 0 Å². The summed E-state index contributed by atoms with van der Waals surface area (Å²) in [5.74, 6) is -0.398. The van der Waals surface area contributed by atoms with Crippen LogP contribution in [0.4, 0.5) is 5.88 Å². The fourth-order valence-electron chi connectivity index (χ4n) is 2.20. The van der Waals surface area contributed by atoms with Crippen LogP contribution in [0.25, 0.3) is 0 Å². The number of carbonyl (C=O) groups is 1. The molecule has 1 aliphatic carbocycles. The maximum atomic E-state index is 11.9. The molecule has 1 aromatic rings. The Balaban J connectivity index is 2.00. The topological polar surface area (TPSA) is 85.4 Å². The molecule has 0 saturated heterocycles. The summed E-state index contributed by atoms with van der Waals surface area (Å²) in [4.78, 5) is 21.6. The summed E-state index contributed by atoms with van der Waals surface area (Å²) < 4.78 is 4.86. The van der Waals surface area contributed by atoms with Gasteiger partial charge in [0.2, 0.25) is 0 Å². The van der Waals surface area contributed by atoms with Crippen LogP contribution in [-0.4, -0.2) is 22.2 Å². The van der Waals surface area contributed by atoms with Gasteiger partial charge in [-0.25, -0.2) is 0 Å². The number of carbonyl (C=O) groups excluding carboxylic acids is 1. The number of hydrogen-bond donors (Lipinski definition) is 1. The van der Waals surface area contributed by atoms with Gasteiger partial charge >= 0.3 is 5.88 Å². The van der Waals surface area contributed by atoms with E-state index in [9.17, 15) is 14.9 Å². The molecule has 0 spiro atoms. The molecular weight excluding hydrogens is 304 g/mol. The Labute approximate surface area is 112 Å². The van der Waals surface area contributed by atoms with E-state index in [1.807, 2.05) is 0 Å². The third-order valence-corrected chi connectivity index (χ3v) is 4.00. The monoisotopic (exact) mass is 316 g/mol.